The molecule has 0 radical (unpaired) electrons. The van der Waals surface area contributed by atoms with Crippen molar-refractivity contribution < 1.29 is 5.11 Å². The molecule has 16 heavy (non-hydrogen) atoms. The molecule has 0 amide bonds. The predicted octanol–water partition coefficient (Wildman–Crippen LogP) is 3.96. The molecule has 0 aliphatic rings. The molecular weight excluding hydrogens is 216 g/mol. The van der Waals surface area contributed by atoms with Gasteiger partial charge in [-0.25, -0.2) is 0 Å². The average molecular weight is 230 g/mol. The molecule has 2 aromatic rings. The van der Waals surface area contributed by atoms with Crippen LogP contribution in [0, 0.1) is 13.8 Å². The fourth-order valence-electron chi connectivity index (χ4n) is 1.73. The number of hydrogen-bond acceptors (Lipinski definition) is 2. The minimum Gasteiger partial charge on any atom is -0.507 e. The van der Waals surface area contributed by atoms with Gasteiger partial charge in [0.1, 0.15) is 5.75 Å². The minimum absolute atomic E-state index is 0.298. The number of hydrogen-bond donors (Lipinski definition) is 2. The van der Waals surface area contributed by atoms with Gasteiger partial charge in [0.15, 0.2) is 0 Å². The first kappa shape index (κ1) is 11.1. The van der Waals surface area contributed by atoms with E-state index in [2.05, 4.69) is 12.6 Å². The monoisotopic (exact) mass is 230 g/mol. The summed E-state index contributed by atoms with van der Waals surface area (Å²) in [7, 11) is 0. The number of phenolic OH excluding ortho intramolecular Hbond substituents is 1. The van der Waals surface area contributed by atoms with Crippen molar-refractivity contribution >= 4 is 12.6 Å². The van der Waals surface area contributed by atoms with Crippen LogP contribution in [0.25, 0.3) is 11.1 Å². The van der Waals surface area contributed by atoms with Crippen molar-refractivity contribution in [1.29, 1.82) is 0 Å². The highest BCUT2D eigenvalue weighted by Gasteiger charge is 2.07. The lowest BCUT2D eigenvalue weighted by Gasteiger charge is -2.09. The Morgan fingerprint density at radius 1 is 0.875 bits per heavy atom. The van der Waals surface area contributed by atoms with Crippen LogP contribution in [0.3, 0.4) is 0 Å². The molecule has 0 aromatic heterocycles. The van der Waals surface area contributed by atoms with Gasteiger partial charge in [0.2, 0.25) is 0 Å². The third kappa shape index (κ3) is 2.07. The van der Waals surface area contributed by atoms with Gasteiger partial charge in [-0.3, -0.25) is 0 Å². The van der Waals surface area contributed by atoms with Crippen LogP contribution < -0.4 is 0 Å². The zero-order valence-corrected chi connectivity index (χ0v) is 10.3. The van der Waals surface area contributed by atoms with Crippen LogP contribution in [0.15, 0.2) is 41.3 Å². The Morgan fingerprint density at radius 3 is 2.12 bits per heavy atom. The molecule has 1 nitrogen and oxygen atoms in total. The standard InChI is InChI=1S/C14H14OS/c1-9-3-5-13(15)11(7-9)12-8-10(2)4-6-14(12)16/h3-8,15-16H,1-2H3. The van der Waals surface area contributed by atoms with Crippen LogP contribution in [0.1, 0.15) is 11.1 Å². The van der Waals surface area contributed by atoms with Crippen molar-refractivity contribution in [2.24, 2.45) is 0 Å². The number of thiol groups is 1. The number of phenols is 1. The van der Waals surface area contributed by atoms with E-state index in [0.29, 0.717) is 5.75 Å². The summed E-state index contributed by atoms with van der Waals surface area (Å²) in [4.78, 5) is 0.881. The molecule has 0 saturated heterocycles. The van der Waals surface area contributed by atoms with Crippen molar-refractivity contribution in [3.8, 4) is 16.9 Å². The van der Waals surface area contributed by atoms with E-state index in [9.17, 15) is 5.11 Å². The van der Waals surface area contributed by atoms with E-state index < -0.39 is 0 Å². The normalized spacial score (nSPS) is 10.4. The Morgan fingerprint density at radius 2 is 1.44 bits per heavy atom. The van der Waals surface area contributed by atoms with Crippen LogP contribution in [0.4, 0.5) is 0 Å². The molecule has 0 aliphatic heterocycles. The number of aryl methyl sites for hydroxylation is 2. The molecular formula is C14H14OS. The van der Waals surface area contributed by atoms with Crippen LogP contribution >= 0.6 is 12.6 Å². The molecule has 82 valence electrons. The van der Waals surface area contributed by atoms with Gasteiger partial charge in [0, 0.05) is 10.5 Å². The number of rotatable bonds is 1. The maximum absolute atomic E-state index is 9.87. The van der Waals surface area contributed by atoms with Crippen molar-refractivity contribution in [1.82, 2.24) is 0 Å². The van der Waals surface area contributed by atoms with E-state index in [4.69, 9.17) is 0 Å². The summed E-state index contributed by atoms with van der Waals surface area (Å²) in [6, 6.07) is 11.6. The minimum atomic E-state index is 0.298. The van der Waals surface area contributed by atoms with Crippen molar-refractivity contribution in [3.63, 3.8) is 0 Å². The summed E-state index contributed by atoms with van der Waals surface area (Å²) in [5, 5.41) is 9.87. The first-order valence-electron chi connectivity index (χ1n) is 5.17. The largest absolute Gasteiger partial charge is 0.507 e. The lowest BCUT2D eigenvalue weighted by atomic mass is 10.0. The Hall–Kier alpha value is -1.41. The molecule has 0 bridgehead atoms. The lowest BCUT2D eigenvalue weighted by Crippen LogP contribution is -1.84. The average Bonchev–Trinajstić information content (AvgIpc) is 2.25. The Bertz CT molecular complexity index is 483. The van der Waals surface area contributed by atoms with Gasteiger partial charge in [-0.1, -0.05) is 29.3 Å². The molecule has 0 atom stereocenters. The second-order valence-electron chi connectivity index (χ2n) is 4.04. The Labute approximate surface area is 101 Å². The fraction of sp³-hybridized carbons (Fsp3) is 0.143. The van der Waals surface area contributed by atoms with Crippen LogP contribution in [-0.2, 0) is 0 Å². The highest BCUT2D eigenvalue weighted by atomic mass is 32.1. The summed E-state index contributed by atoms with van der Waals surface area (Å²) >= 11 is 4.43. The lowest BCUT2D eigenvalue weighted by molar-refractivity contribution is 0.477. The summed E-state index contributed by atoms with van der Waals surface area (Å²) in [5.74, 6) is 0.298. The molecule has 1 N–H and O–H groups in total. The topological polar surface area (TPSA) is 20.2 Å². The summed E-state index contributed by atoms with van der Waals surface area (Å²) < 4.78 is 0. The fourth-order valence-corrected chi connectivity index (χ4v) is 1.99. The van der Waals surface area contributed by atoms with Gasteiger partial charge >= 0.3 is 0 Å². The van der Waals surface area contributed by atoms with E-state index in [1.54, 1.807) is 6.07 Å². The Balaban J connectivity index is 2.66. The summed E-state index contributed by atoms with van der Waals surface area (Å²) in [6.07, 6.45) is 0. The van der Waals surface area contributed by atoms with Gasteiger partial charge in [-0.15, -0.1) is 12.6 Å². The van der Waals surface area contributed by atoms with Crippen molar-refractivity contribution in [3.05, 3.63) is 47.5 Å². The quantitative estimate of drug-likeness (QED) is 0.710. The third-order valence-corrected chi connectivity index (χ3v) is 2.98. The summed E-state index contributed by atoms with van der Waals surface area (Å²) in [6.45, 7) is 4.04. The van der Waals surface area contributed by atoms with E-state index in [0.717, 1.165) is 27.1 Å². The molecule has 2 aromatic carbocycles. The second-order valence-corrected chi connectivity index (χ2v) is 4.52. The van der Waals surface area contributed by atoms with E-state index in [-0.39, 0.29) is 0 Å². The number of aromatic hydroxyl groups is 1. The third-order valence-electron chi connectivity index (χ3n) is 2.59. The van der Waals surface area contributed by atoms with Crippen LogP contribution in [0.2, 0.25) is 0 Å². The van der Waals surface area contributed by atoms with E-state index in [1.807, 2.05) is 44.2 Å². The molecule has 0 aliphatic carbocycles. The van der Waals surface area contributed by atoms with E-state index in [1.165, 1.54) is 0 Å². The smallest absolute Gasteiger partial charge is 0.123 e. The van der Waals surface area contributed by atoms with Gasteiger partial charge in [-0.2, -0.15) is 0 Å². The van der Waals surface area contributed by atoms with Gasteiger partial charge in [-0.05, 0) is 37.6 Å². The SMILES string of the molecule is Cc1ccc(O)c(-c2cc(C)ccc2S)c1. The molecule has 2 heteroatoms. The second kappa shape index (κ2) is 4.22. The Kier molecular flexibility index (Phi) is 2.92. The zero-order valence-electron chi connectivity index (χ0n) is 9.36. The highest BCUT2D eigenvalue weighted by Crippen LogP contribution is 2.34. The molecule has 2 rings (SSSR count). The molecule has 0 spiro atoms. The van der Waals surface area contributed by atoms with Crippen molar-refractivity contribution in [2.45, 2.75) is 18.7 Å². The maximum Gasteiger partial charge on any atom is 0.123 e. The first-order valence-corrected chi connectivity index (χ1v) is 5.62. The van der Waals surface area contributed by atoms with Gasteiger partial charge < -0.3 is 5.11 Å². The molecule has 0 saturated carbocycles. The molecule has 0 unspecified atom stereocenters. The summed E-state index contributed by atoms with van der Waals surface area (Å²) in [5.41, 5.74) is 4.11. The van der Waals surface area contributed by atoms with Crippen LogP contribution in [-0.4, -0.2) is 5.11 Å². The number of benzene rings is 2. The molecule has 0 fully saturated rings. The molecule has 0 heterocycles. The zero-order chi connectivity index (χ0) is 11.7. The van der Waals surface area contributed by atoms with Gasteiger partial charge in [0.05, 0.1) is 0 Å². The predicted molar refractivity (Wildman–Crippen MR) is 70.3 cm³/mol. The first-order chi connectivity index (χ1) is 7.58. The maximum atomic E-state index is 9.87. The van der Waals surface area contributed by atoms with Crippen molar-refractivity contribution in [2.75, 3.05) is 0 Å². The van der Waals surface area contributed by atoms with Crippen LogP contribution in [0.5, 0.6) is 5.75 Å². The van der Waals surface area contributed by atoms with E-state index >= 15 is 0 Å². The van der Waals surface area contributed by atoms with Gasteiger partial charge in [0.25, 0.3) is 0 Å². The highest BCUT2D eigenvalue weighted by molar-refractivity contribution is 7.80.